The van der Waals surface area contributed by atoms with Gasteiger partial charge in [-0.2, -0.15) is 5.26 Å². The van der Waals surface area contributed by atoms with E-state index in [4.69, 9.17) is 24.4 Å². The molecule has 1 aliphatic carbocycles. The van der Waals surface area contributed by atoms with E-state index in [1.54, 1.807) is 6.07 Å². The minimum absolute atomic E-state index is 0.121. The summed E-state index contributed by atoms with van der Waals surface area (Å²) >= 11 is 0. The molecule has 0 saturated carbocycles. The molecule has 2 heterocycles. The van der Waals surface area contributed by atoms with Gasteiger partial charge < -0.3 is 9.47 Å². The van der Waals surface area contributed by atoms with Gasteiger partial charge in [-0.3, -0.25) is 0 Å². The Morgan fingerprint density at radius 2 is 1.04 bits per heavy atom. The van der Waals surface area contributed by atoms with Crippen LogP contribution in [0.15, 0.2) is 158 Å². The highest BCUT2D eigenvalue weighted by Crippen LogP contribution is 2.58. The zero-order valence-electron chi connectivity index (χ0n) is 30.1. The van der Waals surface area contributed by atoms with E-state index >= 15 is 0 Å². The Hall–Kier alpha value is -7.36. The Bertz CT molecular complexity index is 2860. The normalized spacial score (nSPS) is 13.0. The Morgan fingerprint density at radius 3 is 1.82 bits per heavy atom. The maximum Gasteiger partial charge on any atom is 0.178 e. The molecule has 8 aromatic rings. The van der Waals surface area contributed by atoms with Crippen molar-refractivity contribution in [3.05, 3.63) is 174 Å². The molecule has 1 aliphatic heterocycles. The van der Waals surface area contributed by atoms with Crippen molar-refractivity contribution in [1.29, 1.82) is 5.26 Å². The maximum absolute atomic E-state index is 9.46. The summed E-state index contributed by atoms with van der Waals surface area (Å²) in [5.74, 6) is 4.58. The first kappa shape index (κ1) is 32.3. The Labute approximate surface area is 319 Å². The second-order valence-corrected chi connectivity index (χ2v) is 14.4. The molecule has 2 aliphatic rings. The lowest BCUT2D eigenvalue weighted by Gasteiger charge is -2.25. The summed E-state index contributed by atoms with van der Waals surface area (Å²) in [5.41, 5.74) is 11.9. The van der Waals surface area contributed by atoms with Gasteiger partial charge in [-0.1, -0.05) is 135 Å². The molecule has 55 heavy (non-hydrogen) atoms. The SMILES string of the molecule is CC1(C)c2ccccc2-c2c1ccc1c2Oc2ccc(-c3ccc(-c4nc(-c5ccccc5)nc(-c5cccc(-c6cccc(C#N)c6)c5)n4)cc3)cc2O1. The van der Waals surface area contributed by atoms with Crippen LogP contribution >= 0.6 is 0 Å². The lowest BCUT2D eigenvalue weighted by molar-refractivity contribution is 0.360. The largest absolute Gasteiger partial charge is 0.449 e. The first-order valence-electron chi connectivity index (χ1n) is 18.2. The van der Waals surface area contributed by atoms with E-state index in [-0.39, 0.29) is 5.41 Å². The minimum Gasteiger partial charge on any atom is -0.449 e. The number of benzene rings is 7. The van der Waals surface area contributed by atoms with Crippen molar-refractivity contribution in [2.75, 3.05) is 0 Å². The van der Waals surface area contributed by atoms with E-state index < -0.39 is 0 Å². The summed E-state index contributed by atoms with van der Waals surface area (Å²) in [6, 6.07) is 54.9. The molecule has 0 radical (unpaired) electrons. The number of nitrogens with zero attached hydrogens (tertiary/aromatic N) is 4. The zero-order valence-corrected chi connectivity index (χ0v) is 30.1. The van der Waals surface area contributed by atoms with Crippen molar-refractivity contribution in [3.63, 3.8) is 0 Å². The van der Waals surface area contributed by atoms with Crippen molar-refractivity contribution in [2.45, 2.75) is 19.3 Å². The number of nitriles is 1. The van der Waals surface area contributed by atoms with Gasteiger partial charge in [0, 0.05) is 27.7 Å². The highest BCUT2D eigenvalue weighted by molar-refractivity contribution is 5.88. The molecule has 10 rings (SSSR count). The van der Waals surface area contributed by atoms with E-state index in [1.807, 2.05) is 97.1 Å². The third-order valence-corrected chi connectivity index (χ3v) is 10.6. The molecule has 0 amide bonds. The molecule has 6 heteroatoms. The van der Waals surface area contributed by atoms with E-state index in [0.29, 0.717) is 40.3 Å². The summed E-state index contributed by atoms with van der Waals surface area (Å²) in [6.45, 7) is 4.53. The molecule has 0 spiro atoms. The number of ether oxygens (including phenoxy) is 2. The van der Waals surface area contributed by atoms with E-state index in [0.717, 1.165) is 50.3 Å². The van der Waals surface area contributed by atoms with Gasteiger partial charge in [0.15, 0.2) is 40.5 Å². The first-order chi connectivity index (χ1) is 26.9. The molecule has 0 atom stereocenters. The van der Waals surface area contributed by atoms with Crippen LogP contribution in [0.4, 0.5) is 0 Å². The van der Waals surface area contributed by atoms with Crippen molar-refractivity contribution in [1.82, 2.24) is 15.0 Å². The number of hydrogen-bond acceptors (Lipinski definition) is 6. The first-order valence-corrected chi connectivity index (χ1v) is 18.2. The Balaban J connectivity index is 0.976. The van der Waals surface area contributed by atoms with Crippen LogP contribution in [-0.2, 0) is 5.41 Å². The van der Waals surface area contributed by atoms with Crippen LogP contribution in [0, 0.1) is 11.3 Å². The summed E-state index contributed by atoms with van der Waals surface area (Å²) < 4.78 is 13.1. The maximum atomic E-state index is 9.46. The molecule has 0 fully saturated rings. The van der Waals surface area contributed by atoms with Gasteiger partial charge in [0.2, 0.25) is 0 Å². The predicted molar refractivity (Wildman–Crippen MR) is 216 cm³/mol. The predicted octanol–water partition coefficient (Wildman–Crippen LogP) is 12.3. The monoisotopic (exact) mass is 708 g/mol. The lowest BCUT2D eigenvalue weighted by Crippen LogP contribution is -2.15. The third kappa shape index (κ3) is 5.53. The van der Waals surface area contributed by atoms with Crippen molar-refractivity contribution >= 4 is 0 Å². The van der Waals surface area contributed by atoms with Crippen molar-refractivity contribution in [2.24, 2.45) is 0 Å². The zero-order chi connectivity index (χ0) is 37.1. The van der Waals surface area contributed by atoms with Crippen molar-refractivity contribution in [3.8, 4) is 96.6 Å². The fourth-order valence-corrected chi connectivity index (χ4v) is 7.77. The lowest BCUT2D eigenvalue weighted by atomic mass is 9.82. The van der Waals surface area contributed by atoms with Gasteiger partial charge in [0.25, 0.3) is 0 Å². The van der Waals surface area contributed by atoms with E-state index in [1.165, 1.54) is 16.7 Å². The van der Waals surface area contributed by atoms with Gasteiger partial charge >= 0.3 is 0 Å². The topological polar surface area (TPSA) is 80.9 Å². The van der Waals surface area contributed by atoms with Gasteiger partial charge in [-0.15, -0.1) is 0 Å². The molecular formula is C49H32N4O2. The number of rotatable bonds is 5. The Kier molecular flexibility index (Phi) is 7.43. The fourth-order valence-electron chi connectivity index (χ4n) is 7.77. The molecule has 0 N–H and O–H groups in total. The molecule has 0 saturated heterocycles. The molecule has 1 aromatic heterocycles. The number of fused-ring (bicyclic) bond motifs is 6. The summed E-state index contributed by atoms with van der Waals surface area (Å²) in [7, 11) is 0. The fraction of sp³-hybridized carbons (Fsp3) is 0.0612. The minimum atomic E-state index is -0.121. The van der Waals surface area contributed by atoms with Crippen LogP contribution in [-0.4, -0.2) is 15.0 Å². The average Bonchev–Trinajstić information content (AvgIpc) is 3.49. The van der Waals surface area contributed by atoms with Crippen LogP contribution in [0.25, 0.3) is 67.5 Å². The quantitative estimate of drug-likeness (QED) is 0.177. The second kappa shape index (κ2) is 12.6. The molecule has 6 nitrogen and oxygen atoms in total. The summed E-state index contributed by atoms with van der Waals surface area (Å²) in [4.78, 5) is 14.8. The molecule has 7 aromatic carbocycles. The number of hydrogen-bond donors (Lipinski definition) is 0. The molecule has 0 bridgehead atoms. The summed E-state index contributed by atoms with van der Waals surface area (Å²) in [6.07, 6.45) is 0. The van der Waals surface area contributed by atoms with E-state index in [2.05, 4.69) is 74.5 Å². The highest BCUT2D eigenvalue weighted by atomic mass is 16.6. The van der Waals surface area contributed by atoms with Crippen LogP contribution in [0.3, 0.4) is 0 Å². The van der Waals surface area contributed by atoms with Gasteiger partial charge in [0.05, 0.1) is 11.6 Å². The van der Waals surface area contributed by atoms with Gasteiger partial charge in [-0.05, 0) is 75.3 Å². The highest BCUT2D eigenvalue weighted by Gasteiger charge is 2.39. The third-order valence-electron chi connectivity index (χ3n) is 10.6. The standard InChI is InChI=1S/C49H32N4O2/c1-49(2)39-17-7-6-16-38(39)44-40(49)23-25-42-45(44)55-41-24-22-36(28-43(41)54-42)31-18-20-33(21-19-31)47-51-46(32-11-4-3-5-12-32)52-48(53-47)37-15-9-14-35(27-37)34-13-8-10-30(26-34)29-50/h3-28H,1-2H3. The summed E-state index contributed by atoms with van der Waals surface area (Å²) in [5, 5.41) is 9.46. The van der Waals surface area contributed by atoms with Crippen LogP contribution in [0.1, 0.15) is 30.5 Å². The van der Waals surface area contributed by atoms with Crippen LogP contribution in [0.5, 0.6) is 23.0 Å². The van der Waals surface area contributed by atoms with E-state index in [9.17, 15) is 5.26 Å². The molecule has 0 unspecified atom stereocenters. The Morgan fingerprint density at radius 1 is 0.455 bits per heavy atom. The molecular weight excluding hydrogens is 677 g/mol. The second-order valence-electron chi connectivity index (χ2n) is 14.4. The number of aromatic nitrogens is 3. The van der Waals surface area contributed by atoms with Crippen molar-refractivity contribution < 1.29 is 9.47 Å². The molecule has 260 valence electrons. The van der Waals surface area contributed by atoms with Crippen LogP contribution in [0.2, 0.25) is 0 Å². The van der Waals surface area contributed by atoms with Crippen LogP contribution < -0.4 is 9.47 Å². The average molecular weight is 709 g/mol. The van der Waals surface area contributed by atoms with Gasteiger partial charge in [0.1, 0.15) is 0 Å². The van der Waals surface area contributed by atoms with Gasteiger partial charge in [-0.25, -0.2) is 15.0 Å². The smallest absolute Gasteiger partial charge is 0.178 e.